The Morgan fingerprint density at radius 3 is 2.41 bits per heavy atom. The van der Waals surface area contributed by atoms with Gasteiger partial charge in [-0.2, -0.15) is 0 Å². The first-order valence-electron chi connectivity index (χ1n) is 4.87. The van der Waals surface area contributed by atoms with E-state index >= 15 is 0 Å². The minimum Gasteiger partial charge on any atom is -0.404 e. The lowest BCUT2D eigenvalue weighted by atomic mass is 10.1. The topological polar surface area (TPSA) is 87.0 Å². The fourth-order valence-corrected chi connectivity index (χ4v) is 1.95. The number of rotatable bonds is 3. The number of hydrogen-bond acceptors (Lipinski definition) is 3. The van der Waals surface area contributed by atoms with Gasteiger partial charge in [-0.05, 0) is 34.5 Å². The van der Waals surface area contributed by atoms with E-state index in [1.165, 1.54) is 12.1 Å². The summed E-state index contributed by atoms with van der Waals surface area (Å²) in [5.74, 6) is 0.0981. The van der Waals surface area contributed by atoms with Crippen molar-refractivity contribution >= 4 is 18.6 Å². The zero-order chi connectivity index (χ0) is 12.5. The summed E-state index contributed by atoms with van der Waals surface area (Å²) >= 11 is 0. The maximum absolute atomic E-state index is 10.7. The molecule has 0 spiro atoms. The van der Waals surface area contributed by atoms with Gasteiger partial charge in [0.05, 0.1) is 6.61 Å². The Morgan fingerprint density at radius 1 is 1.06 bits per heavy atom. The van der Waals surface area contributed by atoms with E-state index in [-0.39, 0.29) is 12.4 Å². The second kappa shape index (κ2) is 4.47. The van der Waals surface area contributed by atoms with Crippen LogP contribution in [0.5, 0.6) is 5.75 Å². The van der Waals surface area contributed by atoms with Crippen molar-refractivity contribution in [3.8, 4) is 5.75 Å². The molecule has 0 saturated carbocycles. The highest BCUT2D eigenvalue weighted by atomic mass is 31.2. The molecule has 0 heterocycles. The van der Waals surface area contributed by atoms with Crippen LogP contribution in [-0.2, 0) is 11.2 Å². The third-order valence-electron chi connectivity index (χ3n) is 2.28. The molecule has 5 nitrogen and oxygen atoms in total. The molecule has 0 unspecified atom stereocenters. The Kier molecular flexibility index (Phi) is 3.17. The highest BCUT2D eigenvalue weighted by molar-refractivity contribution is 7.46. The van der Waals surface area contributed by atoms with Gasteiger partial charge in [-0.1, -0.05) is 18.2 Å². The largest absolute Gasteiger partial charge is 0.524 e. The van der Waals surface area contributed by atoms with Crippen molar-refractivity contribution in [3.05, 3.63) is 42.0 Å². The fourth-order valence-electron chi connectivity index (χ4n) is 1.57. The van der Waals surface area contributed by atoms with E-state index in [2.05, 4.69) is 4.52 Å². The van der Waals surface area contributed by atoms with Crippen LogP contribution in [0.4, 0.5) is 0 Å². The highest BCUT2D eigenvalue weighted by Crippen LogP contribution is 2.38. The Balaban J connectivity index is 2.44. The SMILES string of the molecule is O=P(O)(O)Oc1ccc2ccc(CO)cc2c1. The van der Waals surface area contributed by atoms with Crippen LogP contribution in [0.2, 0.25) is 0 Å². The summed E-state index contributed by atoms with van der Waals surface area (Å²) < 4.78 is 15.2. The molecule has 0 aliphatic rings. The second-order valence-corrected chi connectivity index (χ2v) is 4.75. The first kappa shape index (κ1) is 12.1. The molecule has 0 aromatic heterocycles. The van der Waals surface area contributed by atoms with Gasteiger partial charge in [0.15, 0.2) is 0 Å². The number of fused-ring (bicyclic) bond motifs is 1. The monoisotopic (exact) mass is 254 g/mol. The van der Waals surface area contributed by atoms with E-state index in [1.807, 2.05) is 6.07 Å². The minimum absolute atomic E-state index is 0.0838. The van der Waals surface area contributed by atoms with Gasteiger partial charge in [0, 0.05) is 0 Å². The molecular weight excluding hydrogens is 243 g/mol. The number of aliphatic hydroxyl groups is 1. The van der Waals surface area contributed by atoms with Gasteiger partial charge < -0.3 is 9.63 Å². The summed E-state index contributed by atoms with van der Waals surface area (Å²) in [7, 11) is -4.53. The van der Waals surface area contributed by atoms with Crippen molar-refractivity contribution in [2.45, 2.75) is 6.61 Å². The van der Waals surface area contributed by atoms with Crippen molar-refractivity contribution < 1.29 is 24.0 Å². The van der Waals surface area contributed by atoms with Crippen LogP contribution in [0.3, 0.4) is 0 Å². The van der Waals surface area contributed by atoms with Gasteiger partial charge in [0.1, 0.15) is 5.75 Å². The van der Waals surface area contributed by atoms with Crippen molar-refractivity contribution in [1.82, 2.24) is 0 Å². The highest BCUT2D eigenvalue weighted by Gasteiger charge is 2.15. The fraction of sp³-hybridized carbons (Fsp3) is 0.0909. The molecule has 0 amide bonds. The summed E-state index contributed by atoms with van der Waals surface area (Å²) in [5, 5.41) is 10.7. The minimum atomic E-state index is -4.53. The molecular formula is C11H11O5P. The maximum atomic E-state index is 10.7. The lowest BCUT2D eigenvalue weighted by Gasteiger charge is -2.08. The lowest BCUT2D eigenvalue weighted by molar-refractivity contribution is 0.281. The lowest BCUT2D eigenvalue weighted by Crippen LogP contribution is -1.90. The van der Waals surface area contributed by atoms with Crippen molar-refractivity contribution in [3.63, 3.8) is 0 Å². The molecule has 0 aliphatic carbocycles. The normalized spacial score (nSPS) is 11.7. The molecule has 0 fully saturated rings. The summed E-state index contributed by atoms with van der Waals surface area (Å²) in [6.07, 6.45) is 0. The van der Waals surface area contributed by atoms with E-state index < -0.39 is 7.82 Å². The van der Waals surface area contributed by atoms with Crippen molar-refractivity contribution in [1.29, 1.82) is 0 Å². The molecule has 0 bridgehead atoms. The quantitative estimate of drug-likeness (QED) is 0.727. The Hall–Kier alpha value is -1.39. The van der Waals surface area contributed by atoms with Gasteiger partial charge in [-0.15, -0.1) is 0 Å². The third kappa shape index (κ3) is 3.05. The smallest absolute Gasteiger partial charge is 0.404 e. The zero-order valence-electron chi connectivity index (χ0n) is 8.78. The standard InChI is InChI=1S/C11H11O5P/c12-7-8-1-2-9-3-4-11(6-10(9)5-8)16-17(13,14)15/h1-6,12H,7H2,(H2,13,14,15). The number of hydrogen-bond donors (Lipinski definition) is 3. The van der Waals surface area contributed by atoms with E-state index in [0.29, 0.717) is 0 Å². The van der Waals surface area contributed by atoms with Crippen LogP contribution in [0.25, 0.3) is 10.8 Å². The van der Waals surface area contributed by atoms with Crippen LogP contribution in [-0.4, -0.2) is 14.9 Å². The first-order chi connectivity index (χ1) is 7.98. The average molecular weight is 254 g/mol. The predicted molar refractivity (Wildman–Crippen MR) is 62.5 cm³/mol. The molecule has 2 rings (SSSR count). The summed E-state index contributed by atoms with van der Waals surface area (Å²) in [4.78, 5) is 17.4. The van der Waals surface area contributed by atoms with Crippen molar-refractivity contribution in [2.24, 2.45) is 0 Å². The van der Waals surface area contributed by atoms with Crippen LogP contribution < -0.4 is 4.52 Å². The molecule has 2 aromatic carbocycles. The Labute approximate surface area is 97.5 Å². The first-order valence-corrected chi connectivity index (χ1v) is 6.40. The maximum Gasteiger partial charge on any atom is 0.524 e. The number of phosphoric ester groups is 1. The van der Waals surface area contributed by atoms with E-state index in [9.17, 15) is 4.57 Å². The molecule has 0 radical (unpaired) electrons. The summed E-state index contributed by atoms with van der Waals surface area (Å²) in [5.41, 5.74) is 0.728. The number of phosphoric acid groups is 1. The Morgan fingerprint density at radius 2 is 1.76 bits per heavy atom. The van der Waals surface area contributed by atoms with E-state index in [0.717, 1.165) is 16.3 Å². The van der Waals surface area contributed by atoms with Crippen LogP contribution in [0.1, 0.15) is 5.56 Å². The van der Waals surface area contributed by atoms with Gasteiger partial charge in [0.25, 0.3) is 0 Å². The van der Waals surface area contributed by atoms with Gasteiger partial charge in [-0.25, -0.2) is 4.57 Å². The van der Waals surface area contributed by atoms with Gasteiger partial charge in [-0.3, -0.25) is 9.79 Å². The number of aliphatic hydroxyl groups excluding tert-OH is 1. The van der Waals surface area contributed by atoms with Gasteiger partial charge in [0.2, 0.25) is 0 Å². The van der Waals surface area contributed by atoms with Crippen LogP contribution in [0.15, 0.2) is 36.4 Å². The molecule has 0 atom stereocenters. The van der Waals surface area contributed by atoms with Crippen LogP contribution >= 0.6 is 7.82 Å². The molecule has 17 heavy (non-hydrogen) atoms. The van der Waals surface area contributed by atoms with Gasteiger partial charge >= 0.3 is 7.82 Å². The van der Waals surface area contributed by atoms with E-state index in [1.54, 1.807) is 18.2 Å². The van der Waals surface area contributed by atoms with Crippen LogP contribution in [0, 0.1) is 0 Å². The van der Waals surface area contributed by atoms with E-state index in [4.69, 9.17) is 14.9 Å². The molecule has 2 aromatic rings. The predicted octanol–water partition coefficient (Wildman–Crippen LogP) is 1.80. The number of benzene rings is 2. The zero-order valence-corrected chi connectivity index (χ0v) is 9.67. The second-order valence-electron chi connectivity index (χ2n) is 3.58. The van der Waals surface area contributed by atoms with Crippen molar-refractivity contribution in [2.75, 3.05) is 0 Å². The Bertz CT molecular complexity index is 589. The molecule has 6 heteroatoms. The average Bonchev–Trinajstić information content (AvgIpc) is 2.26. The molecule has 3 N–H and O–H groups in total. The molecule has 0 saturated heterocycles. The summed E-state index contributed by atoms with van der Waals surface area (Å²) in [6.45, 7) is -0.0838. The third-order valence-corrected chi connectivity index (χ3v) is 2.73. The summed E-state index contributed by atoms with van der Waals surface area (Å²) in [6, 6.07) is 10.0. The molecule has 0 aliphatic heterocycles. The molecule has 90 valence electrons.